The molecule has 10 nitrogen and oxygen atoms in total. The highest BCUT2D eigenvalue weighted by Crippen LogP contribution is 2.29. The standard InChI is InChI=1S/C21H25N5O5/c1-13-12-16(5-6-17(13)26(29)30)20(27)25-9-3-4-18(25)21(28)24-10-7-15(8-11-24)19-22-14(2)23-31-19/h5-6,12,15,18H,3-4,7-11H2,1-2H3. The summed E-state index contributed by atoms with van der Waals surface area (Å²) in [6.45, 7) is 5.06. The molecule has 1 atom stereocenters. The van der Waals surface area contributed by atoms with Crippen LogP contribution in [0.5, 0.6) is 0 Å². The number of nitro groups is 1. The fourth-order valence-corrected chi connectivity index (χ4v) is 4.46. The number of aryl methyl sites for hydroxylation is 2. The molecular weight excluding hydrogens is 402 g/mol. The van der Waals surface area contributed by atoms with E-state index in [1.165, 1.54) is 18.2 Å². The van der Waals surface area contributed by atoms with Crippen LogP contribution in [0.1, 0.15) is 59.2 Å². The summed E-state index contributed by atoms with van der Waals surface area (Å²) in [7, 11) is 0. The lowest BCUT2D eigenvalue weighted by Gasteiger charge is -2.34. The number of amides is 2. The smallest absolute Gasteiger partial charge is 0.272 e. The third kappa shape index (κ3) is 4.14. The molecule has 1 aromatic carbocycles. The van der Waals surface area contributed by atoms with Gasteiger partial charge < -0.3 is 14.3 Å². The van der Waals surface area contributed by atoms with Gasteiger partial charge >= 0.3 is 0 Å². The molecule has 0 radical (unpaired) electrons. The highest BCUT2D eigenvalue weighted by molar-refractivity contribution is 5.98. The maximum absolute atomic E-state index is 13.2. The SMILES string of the molecule is Cc1noc(C2CCN(C(=O)C3CCCN3C(=O)c3ccc([N+](=O)[O-])c(C)c3)CC2)n1. The molecule has 0 saturated carbocycles. The zero-order valence-electron chi connectivity index (χ0n) is 17.6. The van der Waals surface area contributed by atoms with Crippen molar-refractivity contribution in [2.24, 2.45) is 0 Å². The van der Waals surface area contributed by atoms with Gasteiger partial charge in [-0.1, -0.05) is 5.16 Å². The average molecular weight is 427 g/mol. The van der Waals surface area contributed by atoms with E-state index >= 15 is 0 Å². The Hall–Kier alpha value is -3.30. The van der Waals surface area contributed by atoms with Crippen molar-refractivity contribution >= 4 is 17.5 Å². The highest BCUT2D eigenvalue weighted by Gasteiger charge is 2.38. The van der Waals surface area contributed by atoms with Gasteiger partial charge in [0, 0.05) is 42.7 Å². The number of likely N-dealkylation sites (tertiary alicyclic amines) is 2. The number of nitrogens with zero attached hydrogens (tertiary/aromatic N) is 5. The Balaban J connectivity index is 1.42. The van der Waals surface area contributed by atoms with Gasteiger partial charge in [-0.15, -0.1) is 0 Å². The monoisotopic (exact) mass is 427 g/mol. The minimum Gasteiger partial charge on any atom is -0.341 e. The quantitative estimate of drug-likeness (QED) is 0.543. The van der Waals surface area contributed by atoms with E-state index in [0.29, 0.717) is 48.9 Å². The molecule has 2 aliphatic heterocycles. The van der Waals surface area contributed by atoms with E-state index in [2.05, 4.69) is 10.1 Å². The number of aromatic nitrogens is 2. The van der Waals surface area contributed by atoms with Crippen molar-refractivity contribution in [3.05, 3.63) is 51.2 Å². The van der Waals surface area contributed by atoms with Crippen LogP contribution in [0, 0.1) is 24.0 Å². The molecule has 164 valence electrons. The molecule has 2 fully saturated rings. The van der Waals surface area contributed by atoms with Crippen LogP contribution in [0.3, 0.4) is 0 Å². The van der Waals surface area contributed by atoms with Gasteiger partial charge in [-0.25, -0.2) is 0 Å². The van der Waals surface area contributed by atoms with Crippen LogP contribution in [0.15, 0.2) is 22.7 Å². The minimum absolute atomic E-state index is 0.0232. The van der Waals surface area contributed by atoms with E-state index in [4.69, 9.17) is 4.52 Å². The van der Waals surface area contributed by atoms with Gasteiger partial charge in [0.05, 0.1) is 4.92 Å². The first-order valence-electron chi connectivity index (χ1n) is 10.5. The van der Waals surface area contributed by atoms with Gasteiger partial charge in [-0.3, -0.25) is 19.7 Å². The van der Waals surface area contributed by atoms with Gasteiger partial charge in [0.2, 0.25) is 11.8 Å². The zero-order valence-corrected chi connectivity index (χ0v) is 17.6. The van der Waals surface area contributed by atoms with Crippen LogP contribution >= 0.6 is 0 Å². The number of nitro benzene ring substituents is 1. The summed E-state index contributed by atoms with van der Waals surface area (Å²) in [5, 5.41) is 14.9. The summed E-state index contributed by atoms with van der Waals surface area (Å²) in [6, 6.07) is 3.84. The summed E-state index contributed by atoms with van der Waals surface area (Å²) >= 11 is 0. The van der Waals surface area contributed by atoms with Crippen LogP contribution in [0.2, 0.25) is 0 Å². The summed E-state index contributed by atoms with van der Waals surface area (Å²) in [6.07, 6.45) is 2.87. The zero-order chi connectivity index (χ0) is 22.1. The second-order valence-corrected chi connectivity index (χ2v) is 8.19. The van der Waals surface area contributed by atoms with E-state index in [1.807, 2.05) is 4.90 Å². The van der Waals surface area contributed by atoms with Crippen molar-refractivity contribution in [2.75, 3.05) is 19.6 Å². The maximum atomic E-state index is 13.2. The van der Waals surface area contributed by atoms with Crippen LogP contribution in [0.25, 0.3) is 0 Å². The molecule has 2 aliphatic rings. The fourth-order valence-electron chi connectivity index (χ4n) is 4.46. The molecule has 3 heterocycles. The molecule has 10 heteroatoms. The lowest BCUT2D eigenvalue weighted by atomic mass is 9.96. The Morgan fingerprint density at radius 3 is 2.52 bits per heavy atom. The molecule has 0 aliphatic carbocycles. The lowest BCUT2D eigenvalue weighted by molar-refractivity contribution is -0.385. The largest absolute Gasteiger partial charge is 0.341 e. The molecule has 1 aromatic heterocycles. The third-order valence-corrected chi connectivity index (χ3v) is 6.14. The molecule has 31 heavy (non-hydrogen) atoms. The van der Waals surface area contributed by atoms with Crippen molar-refractivity contribution in [3.8, 4) is 0 Å². The third-order valence-electron chi connectivity index (χ3n) is 6.14. The van der Waals surface area contributed by atoms with E-state index in [-0.39, 0.29) is 23.4 Å². The molecule has 4 rings (SSSR count). The molecule has 0 spiro atoms. The number of rotatable bonds is 4. The summed E-state index contributed by atoms with van der Waals surface area (Å²) in [5.74, 6) is 1.08. The normalized spacial score (nSPS) is 19.6. The van der Waals surface area contributed by atoms with Gasteiger partial charge in [-0.05, 0) is 51.7 Å². The maximum Gasteiger partial charge on any atom is 0.272 e. The summed E-state index contributed by atoms with van der Waals surface area (Å²) in [4.78, 5) is 44.6. The van der Waals surface area contributed by atoms with Gasteiger partial charge in [-0.2, -0.15) is 4.98 Å². The number of piperidine rings is 1. The van der Waals surface area contributed by atoms with Crippen LogP contribution in [-0.2, 0) is 4.79 Å². The predicted molar refractivity (Wildman–Crippen MR) is 109 cm³/mol. The molecule has 1 unspecified atom stereocenters. The number of hydrogen-bond donors (Lipinski definition) is 0. The number of benzene rings is 1. The molecule has 2 saturated heterocycles. The van der Waals surface area contributed by atoms with Crippen molar-refractivity contribution < 1.29 is 19.0 Å². The minimum atomic E-state index is -0.495. The second-order valence-electron chi connectivity index (χ2n) is 8.19. The topological polar surface area (TPSA) is 123 Å². The average Bonchev–Trinajstić information content (AvgIpc) is 3.42. The second kappa shape index (κ2) is 8.44. The van der Waals surface area contributed by atoms with Crippen LogP contribution in [0.4, 0.5) is 5.69 Å². The first kappa shape index (κ1) is 21.0. The Morgan fingerprint density at radius 2 is 1.90 bits per heavy atom. The van der Waals surface area contributed by atoms with E-state index in [1.54, 1.807) is 18.7 Å². The number of carbonyl (C=O) groups is 2. The van der Waals surface area contributed by atoms with E-state index in [0.717, 1.165) is 19.3 Å². The molecule has 0 bridgehead atoms. The van der Waals surface area contributed by atoms with Crippen molar-refractivity contribution in [1.82, 2.24) is 19.9 Å². The molecule has 0 N–H and O–H groups in total. The first-order valence-corrected chi connectivity index (χ1v) is 10.5. The number of hydrogen-bond acceptors (Lipinski definition) is 7. The van der Waals surface area contributed by atoms with E-state index < -0.39 is 11.0 Å². The Labute approximate surface area is 179 Å². The van der Waals surface area contributed by atoms with Crippen LogP contribution in [-0.4, -0.2) is 62.4 Å². The van der Waals surface area contributed by atoms with Gasteiger partial charge in [0.15, 0.2) is 5.82 Å². The number of carbonyl (C=O) groups excluding carboxylic acids is 2. The predicted octanol–water partition coefficient (Wildman–Crippen LogP) is 2.61. The Bertz CT molecular complexity index is 1010. The lowest BCUT2D eigenvalue weighted by Crippen LogP contribution is -2.49. The molecular formula is C21H25N5O5. The Kier molecular flexibility index (Phi) is 5.71. The van der Waals surface area contributed by atoms with Crippen molar-refractivity contribution in [1.29, 1.82) is 0 Å². The van der Waals surface area contributed by atoms with Gasteiger partial charge in [0.1, 0.15) is 6.04 Å². The van der Waals surface area contributed by atoms with Gasteiger partial charge in [0.25, 0.3) is 11.6 Å². The van der Waals surface area contributed by atoms with Crippen molar-refractivity contribution in [2.45, 2.75) is 51.5 Å². The fraction of sp³-hybridized carbons (Fsp3) is 0.524. The molecule has 2 amide bonds. The highest BCUT2D eigenvalue weighted by atomic mass is 16.6. The summed E-state index contributed by atoms with van der Waals surface area (Å²) in [5.41, 5.74) is 0.773. The van der Waals surface area contributed by atoms with Crippen molar-refractivity contribution in [3.63, 3.8) is 0 Å². The van der Waals surface area contributed by atoms with Crippen LogP contribution < -0.4 is 0 Å². The first-order chi connectivity index (χ1) is 14.8. The van der Waals surface area contributed by atoms with E-state index in [9.17, 15) is 19.7 Å². The summed E-state index contributed by atoms with van der Waals surface area (Å²) < 4.78 is 5.27. The molecule has 2 aromatic rings. The Morgan fingerprint density at radius 1 is 1.16 bits per heavy atom.